The summed E-state index contributed by atoms with van der Waals surface area (Å²) in [6, 6.07) is 0. The minimum atomic E-state index is -0.816. The van der Waals surface area contributed by atoms with Gasteiger partial charge in [-0.2, -0.15) is 0 Å². The van der Waals surface area contributed by atoms with Crippen LogP contribution in [-0.2, 0) is 4.79 Å². The number of carboxylic acid groups (broad SMARTS) is 1. The highest BCUT2D eigenvalue weighted by Crippen LogP contribution is 1.87. The number of carbonyl (C=O) groups is 1. The molecule has 1 atom stereocenters. The third-order valence-corrected chi connectivity index (χ3v) is 0.729. The Morgan fingerprint density at radius 3 is 2.50 bits per heavy atom. The second kappa shape index (κ2) is 3.49. The number of hydrogen-bond donors (Lipinski definition) is 2. The first kappa shape index (κ1) is 7.49. The van der Waals surface area contributed by atoms with E-state index in [4.69, 9.17) is 13.0 Å². The maximum absolute atomic E-state index is 9.82. The Hall–Kier alpha value is -0.505. The fraction of sp³-hybridized carbons (Fsp3) is 0.750. The van der Waals surface area contributed by atoms with Crippen molar-refractivity contribution in [2.45, 2.75) is 18.8 Å². The van der Waals surface area contributed by atoms with Gasteiger partial charge in [-0.1, -0.05) is 0 Å². The zero-order chi connectivity index (χ0) is 6.57. The third-order valence-electron chi connectivity index (χ3n) is 0.729. The average molecular weight is 114 g/mol. The second-order valence-electron chi connectivity index (χ2n) is 1.69. The van der Waals surface area contributed by atoms with Crippen molar-refractivity contribution in [3.05, 3.63) is 0 Å². The van der Waals surface area contributed by atoms with Crippen molar-refractivity contribution in [1.82, 2.24) is 0 Å². The first-order valence-corrected chi connectivity index (χ1v) is 2.43. The Bertz CT molecular complexity index is 84.1. The average Bonchev–Trinajstić information content (AvgIpc) is 1.61. The molecule has 0 amide bonds. The first-order valence-electron chi connectivity index (χ1n) is 2.43. The maximum Gasteiger partial charge on any atom is 0.303 e. The molecule has 0 aromatic rings. The van der Waals surface area contributed by atoms with E-state index < -0.39 is 5.97 Å². The molecule has 0 saturated heterocycles. The molecule has 0 rings (SSSR count). The van der Waals surface area contributed by atoms with E-state index in [1.165, 1.54) is 0 Å². The molecule has 0 fully saturated rings. The summed E-state index contributed by atoms with van der Waals surface area (Å²) < 4.78 is 0. The molecule has 0 aromatic heterocycles. The molecule has 0 aliphatic carbocycles. The van der Waals surface area contributed by atoms with Crippen molar-refractivity contribution in [3.8, 4) is 0 Å². The van der Waals surface area contributed by atoms with Gasteiger partial charge < -0.3 is 10.8 Å². The van der Waals surface area contributed by atoms with Gasteiger partial charge in [0.15, 0.2) is 7.85 Å². The molecule has 4 N–H and O–H groups in total. The molecule has 44 valence electrons. The Balaban J connectivity index is 3.05. The van der Waals surface area contributed by atoms with Crippen LogP contribution in [0.25, 0.3) is 0 Å². The predicted molar refractivity (Wildman–Crippen MR) is 29.3 cm³/mol. The quantitative estimate of drug-likeness (QED) is 0.442. The summed E-state index contributed by atoms with van der Waals surface area (Å²) in [5.74, 6) is -1.06. The van der Waals surface area contributed by atoms with Gasteiger partial charge in [0.2, 0.25) is 0 Å². The van der Waals surface area contributed by atoms with Crippen molar-refractivity contribution in [2.75, 3.05) is 0 Å². The highest BCUT2D eigenvalue weighted by atomic mass is 16.4. The lowest BCUT2D eigenvalue weighted by atomic mass is 9.93. The Morgan fingerprint density at radius 2 is 2.38 bits per heavy atom. The number of rotatable bonds is 3. The van der Waals surface area contributed by atoms with Gasteiger partial charge in [0.05, 0.1) is 6.42 Å². The Morgan fingerprint density at radius 1 is 1.88 bits per heavy atom. The summed E-state index contributed by atoms with van der Waals surface area (Å²) in [4.78, 5) is 9.82. The summed E-state index contributed by atoms with van der Waals surface area (Å²) >= 11 is 0. The summed E-state index contributed by atoms with van der Waals surface area (Å²) in [5.41, 5.74) is 3.42. The number of carboxylic acids is 1. The molecule has 0 aromatic carbocycles. The predicted octanol–water partition coefficient (Wildman–Crippen LogP) is -1.41. The van der Waals surface area contributed by atoms with E-state index in [-0.39, 0.29) is 12.4 Å². The molecule has 2 radical (unpaired) electrons. The summed E-state index contributed by atoms with van der Waals surface area (Å²) in [5, 5.41) is 8.08. The van der Waals surface area contributed by atoms with Crippen molar-refractivity contribution in [3.63, 3.8) is 0 Å². The van der Waals surface area contributed by atoms with Gasteiger partial charge >= 0.3 is 5.97 Å². The summed E-state index contributed by atoms with van der Waals surface area (Å²) in [6.45, 7) is 0. The van der Waals surface area contributed by atoms with Crippen LogP contribution >= 0.6 is 0 Å². The van der Waals surface area contributed by atoms with Crippen LogP contribution in [0.15, 0.2) is 0 Å². The molecule has 0 aliphatic rings. The molecule has 0 aliphatic heterocycles. The van der Waals surface area contributed by atoms with Crippen LogP contribution in [0, 0.1) is 0 Å². The smallest absolute Gasteiger partial charge is 0.303 e. The lowest BCUT2D eigenvalue weighted by Gasteiger charge is -1.95. The van der Waals surface area contributed by atoms with E-state index >= 15 is 0 Å². The molecule has 4 heteroatoms. The van der Waals surface area contributed by atoms with E-state index in [9.17, 15) is 4.79 Å². The third kappa shape index (κ3) is 5.49. The van der Waals surface area contributed by atoms with Crippen molar-refractivity contribution < 1.29 is 15.6 Å². The van der Waals surface area contributed by atoms with E-state index in [0.29, 0.717) is 6.42 Å². The lowest BCUT2D eigenvalue weighted by Crippen LogP contribution is -2.61. The van der Waals surface area contributed by atoms with Crippen LogP contribution in [0.1, 0.15) is 12.8 Å². The number of hydrogen-bond acceptors (Lipinski definition) is 1. The van der Waals surface area contributed by atoms with Gasteiger partial charge in [-0.05, 0) is 6.42 Å². The van der Waals surface area contributed by atoms with Crippen LogP contribution in [0.3, 0.4) is 0 Å². The molecule has 0 heterocycles. The van der Waals surface area contributed by atoms with Crippen LogP contribution in [0.5, 0.6) is 0 Å². The van der Waals surface area contributed by atoms with Crippen molar-refractivity contribution in [1.29, 1.82) is 0 Å². The fourth-order valence-corrected chi connectivity index (χ4v) is 0.309. The standard InChI is InChI=1S/C4H8BNO2/c5-3(6)1-2-4(7)8/h3H,1-2,6H2,(H,7,8)/p+1. The first-order chi connectivity index (χ1) is 3.63. The molecule has 0 spiro atoms. The molecule has 0 saturated carbocycles. The number of quaternary nitrogens is 1. The van der Waals surface area contributed by atoms with Crippen molar-refractivity contribution >= 4 is 13.8 Å². The van der Waals surface area contributed by atoms with E-state index in [0.717, 1.165) is 0 Å². The molecule has 8 heavy (non-hydrogen) atoms. The molecule has 1 unspecified atom stereocenters. The van der Waals surface area contributed by atoms with Gasteiger partial charge in [-0.15, -0.1) is 0 Å². The fourth-order valence-electron chi connectivity index (χ4n) is 0.309. The molecule has 0 bridgehead atoms. The monoisotopic (exact) mass is 114 g/mol. The minimum Gasteiger partial charge on any atom is -0.481 e. The van der Waals surface area contributed by atoms with Crippen LogP contribution in [0.4, 0.5) is 0 Å². The van der Waals surface area contributed by atoms with Gasteiger partial charge in [-0.3, -0.25) is 4.79 Å². The topological polar surface area (TPSA) is 64.9 Å². The highest BCUT2D eigenvalue weighted by molar-refractivity contribution is 6.10. The van der Waals surface area contributed by atoms with E-state index in [2.05, 4.69) is 5.73 Å². The van der Waals surface area contributed by atoms with E-state index in [1.54, 1.807) is 0 Å². The van der Waals surface area contributed by atoms with Gasteiger partial charge in [0, 0.05) is 5.94 Å². The van der Waals surface area contributed by atoms with E-state index in [1.807, 2.05) is 0 Å². The lowest BCUT2D eigenvalue weighted by molar-refractivity contribution is -0.390. The SMILES string of the molecule is [B]C([NH3+])CCC(=O)O. The summed E-state index contributed by atoms with van der Waals surface area (Å²) in [6.07, 6.45) is 0.569. The second-order valence-corrected chi connectivity index (χ2v) is 1.69. The van der Waals surface area contributed by atoms with Gasteiger partial charge in [-0.25, -0.2) is 0 Å². The minimum absolute atomic E-state index is 0.116. The van der Waals surface area contributed by atoms with Gasteiger partial charge in [0.1, 0.15) is 0 Å². The highest BCUT2D eigenvalue weighted by Gasteiger charge is 2.00. The Labute approximate surface area is 49.3 Å². The van der Waals surface area contributed by atoms with Crippen LogP contribution in [0.2, 0.25) is 0 Å². The zero-order valence-electron chi connectivity index (χ0n) is 4.63. The molecule has 3 nitrogen and oxygen atoms in total. The largest absolute Gasteiger partial charge is 0.481 e. The van der Waals surface area contributed by atoms with Crippen LogP contribution < -0.4 is 5.73 Å². The molecular formula is C4H9BNO2+. The number of aliphatic carboxylic acids is 1. The van der Waals surface area contributed by atoms with Crippen molar-refractivity contribution in [2.24, 2.45) is 0 Å². The Kier molecular flexibility index (Phi) is 3.27. The zero-order valence-corrected chi connectivity index (χ0v) is 4.63. The van der Waals surface area contributed by atoms with Gasteiger partial charge in [0.25, 0.3) is 0 Å². The maximum atomic E-state index is 9.82. The molecular weight excluding hydrogens is 105 g/mol. The van der Waals surface area contributed by atoms with Crippen LogP contribution in [-0.4, -0.2) is 24.9 Å². The normalized spacial score (nSPS) is 13.1. The summed E-state index contributed by atoms with van der Waals surface area (Å²) in [7, 11) is 5.17.